The summed E-state index contributed by atoms with van der Waals surface area (Å²) in [6, 6.07) is 6.34. The van der Waals surface area contributed by atoms with Crippen molar-refractivity contribution in [2.24, 2.45) is 13.0 Å². The van der Waals surface area contributed by atoms with E-state index in [-0.39, 0.29) is 11.7 Å². The Labute approximate surface area is 177 Å². The highest BCUT2D eigenvalue weighted by atomic mass is 16.1. The number of likely N-dealkylation sites (tertiary alicyclic amines) is 1. The third-order valence-corrected chi connectivity index (χ3v) is 6.98. The molecule has 0 aromatic carbocycles. The van der Waals surface area contributed by atoms with Crippen LogP contribution in [0.5, 0.6) is 0 Å². The molecule has 1 atom stereocenters. The minimum absolute atomic E-state index is 0.123. The zero-order valence-electron chi connectivity index (χ0n) is 18.1. The van der Waals surface area contributed by atoms with Gasteiger partial charge in [-0.25, -0.2) is 9.78 Å². The molecule has 0 spiro atoms. The molecule has 160 valence electrons. The van der Waals surface area contributed by atoms with Crippen LogP contribution in [0.4, 0.5) is 0 Å². The monoisotopic (exact) mass is 408 g/mol. The zero-order chi connectivity index (χ0) is 20.7. The predicted octanol–water partition coefficient (Wildman–Crippen LogP) is 3.27. The molecule has 1 saturated carbocycles. The van der Waals surface area contributed by atoms with E-state index in [1.54, 1.807) is 0 Å². The Bertz CT molecular complexity index is 1090. The van der Waals surface area contributed by atoms with Gasteiger partial charge in [-0.15, -0.1) is 0 Å². The Kier molecular flexibility index (Phi) is 5.23. The van der Waals surface area contributed by atoms with Crippen LogP contribution in [0, 0.1) is 12.8 Å². The van der Waals surface area contributed by atoms with Crippen molar-refractivity contribution in [3.8, 4) is 0 Å². The Hall–Kier alpha value is -2.41. The molecule has 30 heavy (non-hydrogen) atoms. The molecule has 0 bridgehead atoms. The van der Waals surface area contributed by atoms with E-state index in [1.807, 2.05) is 40.1 Å². The lowest BCUT2D eigenvalue weighted by atomic mass is 9.89. The summed E-state index contributed by atoms with van der Waals surface area (Å²) in [7, 11) is 2.00. The average molecular weight is 409 g/mol. The number of hydrogen-bond donors (Lipinski definition) is 0. The molecule has 2 aliphatic rings. The molecular formula is C23H32N6O. The van der Waals surface area contributed by atoms with Crippen LogP contribution >= 0.6 is 0 Å². The molecule has 1 aliphatic carbocycles. The van der Waals surface area contributed by atoms with E-state index in [0.717, 1.165) is 49.5 Å². The van der Waals surface area contributed by atoms with E-state index in [0.29, 0.717) is 5.92 Å². The Morgan fingerprint density at radius 1 is 1.17 bits per heavy atom. The molecule has 4 heterocycles. The summed E-state index contributed by atoms with van der Waals surface area (Å²) < 4.78 is 5.95. The van der Waals surface area contributed by atoms with Gasteiger partial charge in [0.1, 0.15) is 0 Å². The van der Waals surface area contributed by atoms with Crippen LogP contribution in [0.15, 0.2) is 29.2 Å². The van der Waals surface area contributed by atoms with Crippen molar-refractivity contribution in [1.29, 1.82) is 0 Å². The van der Waals surface area contributed by atoms with E-state index in [9.17, 15) is 4.79 Å². The van der Waals surface area contributed by atoms with Crippen molar-refractivity contribution < 1.29 is 0 Å². The highest BCUT2D eigenvalue weighted by Crippen LogP contribution is 2.28. The lowest BCUT2D eigenvalue weighted by Gasteiger charge is -2.21. The second-order valence-corrected chi connectivity index (χ2v) is 9.19. The molecule has 5 rings (SSSR count). The summed E-state index contributed by atoms with van der Waals surface area (Å²) in [5, 5.41) is 4.47. The largest absolute Gasteiger partial charge is 0.330 e. The summed E-state index contributed by atoms with van der Waals surface area (Å²) >= 11 is 0. The van der Waals surface area contributed by atoms with Crippen molar-refractivity contribution in [1.82, 2.24) is 28.8 Å². The number of imidazole rings is 1. The van der Waals surface area contributed by atoms with Crippen LogP contribution in [-0.2, 0) is 20.1 Å². The molecule has 7 heteroatoms. The fourth-order valence-corrected chi connectivity index (χ4v) is 5.45. The molecule has 3 aromatic rings. The van der Waals surface area contributed by atoms with Crippen LogP contribution < -0.4 is 5.69 Å². The van der Waals surface area contributed by atoms with E-state index in [4.69, 9.17) is 0 Å². The number of fused-ring (bicyclic) bond motifs is 1. The summed E-state index contributed by atoms with van der Waals surface area (Å²) in [5.41, 5.74) is 4.24. The topological polar surface area (TPSA) is 60.9 Å². The first-order valence-electron chi connectivity index (χ1n) is 11.4. The Balaban J connectivity index is 1.41. The highest BCUT2D eigenvalue weighted by Gasteiger charge is 2.29. The molecule has 0 radical (unpaired) electrons. The Morgan fingerprint density at radius 2 is 2.00 bits per heavy atom. The summed E-state index contributed by atoms with van der Waals surface area (Å²) in [6.07, 6.45) is 9.19. The van der Waals surface area contributed by atoms with E-state index in [2.05, 4.69) is 27.1 Å². The Morgan fingerprint density at radius 3 is 2.77 bits per heavy atom. The van der Waals surface area contributed by atoms with Crippen molar-refractivity contribution >= 4 is 11.2 Å². The summed E-state index contributed by atoms with van der Waals surface area (Å²) in [4.78, 5) is 20.6. The molecule has 0 N–H and O–H groups in total. The molecule has 0 unspecified atom stereocenters. The first-order chi connectivity index (χ1) is 14.6. The fraction of sp³-hybridized carbons (Fsp3) is 0.609. The first kappa shape index (κ1) is 19.5. The quantitative estimate of drug-likeness (QED) is 0.650. The maximum atomic E-state index is 13.5. The lowest BCUT2D eigenvalue weighted by molar-refractivity contribution is 0.303. The van der Waals surface area contributed by atoms with Gasteiger partial charge in [0.2, 0.25) is 0 Å². The van der Waals surface area contributed by atoms with Crippen LogP contribution in [0.3, 0.4) is 0 Å². The second-order valence-electron chi connectivity index (χ2n) is 9.19. The second kappa shape index (κ2) is 8.02. The average Bonchev–Trinajstić information content (AvgIpc) is 3.40. The number of aryl methyl sites for hydroxylation is 2. The first-order valence-corrected chi connectivity index (χ1v) is 11.4. The van der Waals surface area contributed by atoms with Gasteiger partial charge in [-0.05, 0) is 50.3 Å². The SMILES string of the molecule is Cc1cc(CN2CC[C@@H](n3c(=O)n(CC4CCCCC4)c4cccnc43)C2)n(C)n1. The van der Waals surface area contributed by atoms with Gasteiger partial charge < -0.3 is 0 Å². The maximum absolute atomic E-state index is 13.5. The van der Waals surface area contributed by atoms with Crippen LogP contribution in [0.25, 0.3) is 11.2 Å². The third kappa shape index (κ3) is 3.60. The lowest BCUT2D eigenvalue weighted by Crippen LogP contribution is -2.31. The molecule has 2 fully saturated rings. The molecule has 1 aliphatic heterocycles. The number of hydrogen-bond acceptors (Lipinski definition) is 4. The van der Waals surface area contributed by atoms with Gasteiger partial charge in [-0.1, -0.05) is 19.3 Å². The van der Waals surface area contributed by atoms with Gasteiger partial charge in [0, 0.05) is 39.4 Å². The van der Waals surface area contributed by atoms with Crippen LogP contribution in [0.2, 0.25) is 0 Å². The van der Waals surface area contributed by atoms with Gasteiger partial charge in [0.15, 0.2) is 5.65 Å². The predicted molar refractivity (Wildman–Crippen MR) is 117 cm³/mol. The summed E-state index contributed by atoms with van der Waals surface area (Å²) in [6.45, 7) is 5.60. The molecule has 3 aromatic heterocycles. The number of rotatable bonds is 5. The van der Waals surface area contributed by atoms with Crippen LogP contribution in [-0.4, -0.2) is 41.9 Å². The van der Waals surface area contributed by atoms with Gasteiger partial charge in [-0.3, -0.25) is 18.7 Å². The van der Waals surface area contributed by atoms with Gasteiger partial charge in [-0.2, -0.15) is 5.10 Å². The highest BCUT2D eigenvalue weighted by molar-refractivity contribution is 5.71. The van der Waals surface area contributed by atoms with Crippen molar-refractivity contribution in [3.63, 3.8) is 0 Å². The van der Waals surface area contributed by atoms with Gasteiger partial charge in [0.25, 0.3) is 0 Å². The molecular weight excluding hydrogens is 376 g/mol. The third-order valence-electron chi connectivity index (χ3n) is 6.98. The molecule has 1 saturated heterocycles. The van der Waals surface area contributed by atoms with Crippen molar-refractivity contribution in [3.05, 3.63) is 46.3 Å². The smallest absolute Gasteiger partial charge is 0.295 e. The van der Waals surface area contributed by atoms with Gasteiger partial charge >= 0.3 is 5.69 Å². The molecule has 7 nitrogen and oxygen atoms in total. The van der Waals surface area contributed by atoms with Crippen molar-refractivity contribution in [2.45, 2.75) is 64.6 Å². The fourth-order valence-electron chi connectivity index (χ4n) is 5.45. The maximum Gasteiger partial charge on any atom is 0.330 e. The molecule has 0 amide bonds. The van der Waals surface area contributed by atoms with Gasteiger partial charge in [0.05, 0.1) is 22.9 Å². The normalized spacial score (nSPS) is 21.1. The van der Waals surface area contributed by atoms with E-state index < -0.39 is 0 Å². The van der Waals surface area contributed by atoms with E-state index >= 15 is 0 Å². The number of nitrogens with zero attached hydrogens (tertiary/aromatic N) is 6. The number of aromatic nitrogens is 5. The minimum Gasteiger partial charge on any atom is -0.295 e. The van der Waals surface area contributed by atoms with E-state index in [1.165, 1.54) is 37.8 Å². The van der Waals surface area contributed by atoms with Crippen LogP contribution in [0.1, 0.15) is 56.0 Å². The summed E-state index contributed by atoms with van der Waals surface area (Å²) in [5.74, 6) is 0.615. The number of pyridine rings is 1. The zero-order valence-corrected chi connectivity index (χ0v) is 18.1. The van der Waals surface area contributed by atoms with Crippen molar-refractivity contribution in [2.75, 3.05) is 13.1 Å². The minimum atomic E-state index is 0.123. The standard InChI is InChI=1S/C23H32N6O/c1-17-13-20(26(2)25-17)16-27-12-10-19(15-27)29-22-21(9-6-11-24-22)28(23(29)30)14-18-7-4-3-5-8-18/h6,9,11,13,18-19H,3-5,7-8,10,12,14-16H2,1-2H3/t19-/m1/s1.